The Kier molecular flexibility index (Phi) is 5.86. The molecular weight excluding hydrogens is 246 g/mol. The molecule has 0 aliphatic carbocycles. The SMILES string of the molecule is CC(C)OC(=O)NS(=O)(=O)NC(C)(C)CCN. The zero-order chi connectivity index (χ0) is 13.7. The van der Waals surface area contributed by atoms with Gasteiger partial charge in [-0.1, -0.05) is 0 Å². The van der Waals surface area contributed by atoms with Crippen LogP contribution in [0.2, 0.25) is 0 Å². The molecule has 1 amide bonds. The monoisotopic (exact) mass is 267 g/mol. The van der Waals surface area contributed by atoms with Gasteiger partial charge >= 0.3 is 16.3 Å². The molecule has 17 heavy (non-hydrogen) atoms. The van der Waals surface area contributed by atoms with Crippen molar-refractivity contribution in [1.29, 1.82) is 0 Å². The summed E-state index contributed by atoms with van der Waals surface area (Å²) in [6, 6.07) is 0. The van der Waals surface area contributed by atoms with E-state index in [0.717, 1.165) is 0 Å². The third-order valence-electron chi connectivity index (χ3n) is 1.74. The first-order valence-electron chi connectivity index (χ1n) is 5.30. The molecule has 0 fully saturated rings. The highest BCUT2D eigenvalue weighted by Gasteiger charge is 2.25. The Balaban J connectivity index is 4.45. The quantitative estimate of drug-likeness (QED) is 0.631. The van der Waals surface area contributed by atoms with Crippen LogP contribution in [0, 0.1) is 0 Å². The highest BCUT2D eigenvalue weighted by molar-refractivity contribution is 7.88. The maximum Gasteiger partial charge on any atom is 0.422 e. The number of carbonyl (C=O) groups is 1. The van der Waals surface area contributed by atoms with Gasteiger partial charge in [-0.2, -0.15) is 13.1 Å². The summed E-state index contributed by atoms with van der Waals surface area (Å²) in [4.78, 5) is 11.1. The molecule has 102 valence electrons. The van der Waals surface area contributed by atoms with E-state index in [2.05, 4.69) is 9.46 Å². The van der Waals surface area contributed by atoms with E-state index >= 15 is 0 Å². The third kappa shape index (κ3) is 7.94. The Morgan fingerprint density at radius 3 is 2.35 bits per heavy atom. The Morgan fingerprint density at radius 2 is 1.94 bits per heavy atom. The van der Waals surface area contributed by atoms with Crippen molar-refractivity contribution in [2.45, 2.75) is 45.8 Å². The number of nitrogens with one attached hydrogen (secondary N) is 2. The van der Waals surface area contributed by atoms with E-state index in [9.17, 15) is 13.2 Å². The van der Waals surface area contributed by atoms with Gasteiger partial charge in [0, 0.05) is 5.54 Å². The van der Waals surface area contributed by atoms with Crippen molar-refractivity contribution >= 4 is 16.3 Å². The van der Waals surface area contributed by atoms with Crippen molar-refractivity contribution in [1.82, 2.24) is 9.44 Å². The summed E-state index contributed by atoms with van der Waals surface area (Å²) in [6.45, 7) is 6.93. The molecule has 8 heteroatoms. The summed E-state index contributed by atoms with van der Waals surface area (Å²) in [5, 5.41) is 0. The van der Waals surface area contributed by atoms with E-state index in [4.69, 9.17) is 5.73 Å². The minimum absolute atomic E-state index is 0.339. The minimum Gasteiger partial charge on any atom is -0.446 e. The van der Waals surface area contributed by atoms with Crippen LogP contribution in [0.15, 0.2) is 0 Å². The van der Waals surface area contributed by atoms with E-state index in [1.54, 1.807) is 32.4 Å². The maximum absolute atomic E-state index is 11.5. The Bertz CT molecular complexity index is 351. The molecule has 0 unspecified atom stereocenters. The smallest absolute Gasteiger partial charge is 0.422 e. The number of nitrogens with two attached hydrogens (primary N) is 1. The fourth-order valence-corrected chi connectivity index (χ4v) is 2.30. The predicted molar refractivity (Wildman–Crippen MR) is 64.6 cm³/mol. The van der Waals surface area contributed by atoms with Crippen LogP contribution in [0.5, 0.6) is 0 Å². The zero-order valence-electron chi connectivity index (χ0n) is 10.6. The van der Waals surface area contributed by atoms with E-state index < -0.39 is 21.8 Å². The fourth-order valence-electron chi connectivity index (χ4n) is 1.15. The van der Waals surface area contributed by atoms with Gasteiger partial charge in [-0.05, 0) is 40.7 Å². The molecule has 0 saturated carbocycles. The minimum atomic E-state index is -3.94. The van der Waals surface area contributed by atoms with Gasteiger partial charge in [-0.3, -0.25) is 0 Å². The van der Waals surface area contributed by atoms with Gasteiger partial charge in [0.05, 0.1) is 6.10 Å². The molecule has 0 radical (unpaired) electrons. The van der Waals surface area contributed by atoms with Gasteiger partial charge in [-0.25, -0.2) is 9.52 Å². The van der Waals surface area contributed by atoms with Gasteiger partial charge in [0.2, 0.25) is 0 Å². The van der Waals surface area contributed by atoms with Crippen molar-refractivity contribution < 1.29 is 17.9 Å². The normalized spacial score (nSPS) is 12.6. The number of ether oxygens (including phenoxy) is 1. The number of carbonyl (C=O) groups excluding carboxylic acids is 1. The molecule has 0 aromatic heterocycles. The van der Waals surface area contributed by atoms with E-state index in [1.165, 1.54) is 0 Å². The molecule has 0 heterocycles. The van der Waals surface area contributed by atoms with Gasteiger partial charge in [0.15, 0.2) is 0 Å². The molecule has 7 nitrogen and oxygen atoms in total. The van der Waals surface area contributed by atoms with Crippen molar-refractivity contribution in [2.24, 2.45) is 5.73 Å². The van der Waals surface area contributed by atoms with E-state index in [-0.39, 0.29) is 6.10 Å². The second-order valence-electron chi connectivity index (χ2n) is 4.58. The standard InChI is InChI=1S/C9H21N3O4S/c1-7(2)16-8(13)11-17(14,15)12-9(3,4)5-6-10/h7,12H,5-6,10H2,1-4H3,(H,11,13). The summed E-state index contributed by atoms with van der Waals surface area (Å²) in [7, 11) is -3.94. The lowest BCUT2D eigenvalue weighted by Crippen LogP contribution is -2.51. The summed E-state index contributed by atoms with van der Waals surface area (Å²) < 4.78 is 31.8. The molecule has 0 bridgehead atoms. The second kappa shape index (κ2) is 6.18. The highest BCUT2D eigenvalue weighted by Crippen LogP contribution is 2.07. The lowest BCUT2D eigenvalue weighted by Gasteiger charge is -2.25. The lowest BCUT2D eigenvalue weighted by atomic mass is 10.0. The number of rotatable bonds is 6. The summed E-state index contributed by atoms with van der Waals surface area (Å²) >= 11 is 0. The molecule has 0 aromatic rings. The average Bonchev–Trinajstić information content (AvgIpc) is 1.96. The van der Waals surface area contributed by atoms with Gasteiger partial charge in [-0.15, -0.1) is 0 Å². The lowest BCUT2D eigenvalue weighted by molar-refractivity contribution is 0.121. The fraction of sp³-hybridized carbons (Fsp3) is 0.889. The largest absolute Gasteiger partial charge is 0.446 e. The van der Waals surface area contributed by atoms with Crippen LogP contribution >= 0.6 is 0 Å². The van der Waals surface area contributed by atoms with E-state index in [1.807, 2.05) is 0 Å². The molecule has 0 aliphatic heterocycles. The number of hydrogen-bond acceptors (Lipinski definition) is 5. The van der Waals surface area contributed by atoms with Crippen molar-refractivity contribution in [3.63, 3.8) is 0 Å². The zero-order valence-corrected chi connectivity index (χ0v) is 11.4. The van der Waals surface area contributed by atoms with Gasteiger partial charge < -0.3 is 10.5 Å². The first-order valence-corrected chi connectivity index (χ1v) is 6.79. The second-order valence-corrected chi connectivity index (χ2v) is 6.00. The molecular formula is C9H21N3O4S. The van der Waals surface area contributed by atoms with Crippen LogP contribution in [0.3, 0.4) is 0 Å². The number of hydrogen-bond donors (Lipinski definition) is 3. The number of amides is 1. The van der Waals surface area contributed by atoms with Gasteiger partial charge in [0.25, 0.3) is 0 Å². The van der Waals surface area contributed by atoms with Crippen LogP contribution in [0.4, 0.5) is 4.79 Å². The predicted octanol–water partition coefficient (Wildman–Crippen LogP) is 0.0828. The van der Waals surface area contributed by atoms with Crippen LogP contribution in [0.1, 0.15) is 34.1 Å². The molecule has 0 atom stereocenters. The maximum atomic E-state index is 11.5. The molecule has 0 aliphatic rings. The van der Waals surface area contributed by atoms with Crippen LogP contribution in [-0.4, -0.2) is 32.7 Å². The molecule has 0 saturated heterocycles. The first kappa shape index (κ1) is 16.1. The summed E-state index contributed by atoms with van der Waals surface area (Å²) in [6.07, 6.45) is -0.939. The molecule has 0 rings (SSSR count). The third-order valence-corrected chi connectivity index (χ3v) is 3.00. The highest BCUT2D eigenvalue weighted by atomic mass is 32.2. The van der Waals surface area contributed by atoms with Crippen LogP contribution in [-0.2, 0) is 14.9 Å². The Morgan fingerprint density at radius 1 is 1.41 bits per heavy atom. The topological polar surface area (TPSA) is 111 Å². The van der Waals surface area contributed by atoms with Gasteiger partial charge in [0.1, 0.15) is 0 Å². The summed E-state index contributed by atoms with van der Waals surface area (Å²) in [5.74, 6) is 0. The van der Waals surface area contributed by atoms with E-state index in [0.29, 0.717) is 13.0 Å². The van der Waals surface area contributed by atoms with Crippen LogP contribution in [0.25, 0.3) is 0 Å². The Hall–Kier alpha value is -0.860. The van der Waals surface area contributed by atoms with Crippen LogP contribution < -0.4 is 15.2 Å². The van der Waals surface area contributed by atoms with Crippen molar-refractivity contribution in [3.8, 4) is 0 Å². The first-order chi connectivity index (χ1) is 7.58. The summed E-state index contributed by atoms with van der Waals surface area (Å²) in [5.41, 5.74) is 4.63. The molecule has 0 spiro atoms. The van der Waals surface area contributed by atoms with Crippen molar-refractivity contribution in [3.05, 3.63) is 0 Å². The van der Waals surface area contributed by atoms with Crippen molar-refractivity contribution in [2.75, 3.05) is 6.54 Å². The molecule has 0 aromatic carbocycles. The Labute approximate surface area is 102 Å². The molecule has 4 N–H and O–H groups in total. The average molecular weight is 267 g/mol.